The van der Waals surface area contributed by atoms with Gasteiger partial charge >= 0.3 is 0 Å². The molecule has 0 amide bonds. The Bertz CT molecular complexity index is 4530. The summed E-state index contributed by atoms with van der Waals surface area (Å²) in [5, 5.41) is 2.24. The largest absolute Gasteiger partial charge is 0.457 e. The van der Waals surface area contributed by atoms with Gasteiger partial charge in [-0.05, 0) is 176 Å². The van der Waals surface area contributed by atoms with Crippen molar-refractivity contribution in [3.05, 3.63) is 292 Å². The lowest BCUT2D eigenvalue weighted by atomic mass is 9.64. The molecule has 0 radical (unpaired) electrons. The number of hydrogen-bond acceptors (Lipinski definition) is 3. The van der Waals surface area contributed by atoms with E-state index < -0.39 is 10.8 Å². The third-order valence-electron chi connectivity index (χ3n) is 20.6. The zero-order valence-corrected chi connectivity index (χ0v) is 46.5. The predicted octanol–water partition coefficient (Wildman–Crippen LogP) is 21.6. The van der Waals surface area contributed by atoms with E-state index in [9.17, 15) is 0 Å². The number of anilines is 3. The molecule has 3 nitrogen and oxygen atoms in total. The van der Waals surface area contributed by atoms with Crippen molar-refractivity contribution in [2.45, 2.75) is 86.9 Å². The second kappa shape index (κ2) is 18.2. The van der Waals surface area contributed by atoms with Gasteiger partial charge < -0.3 is 14.1 Å². The van der Waals surface area contributed by atoms with Gasteiger partial charge in [0, 0.05) is 38.8 Å². The van der Waals surface area contributed by atoms with E-state index in [-0.39, 0.29) is 0 Å². The molecule has 0 saturated heterocycles. The first kappa shape index (κ1) is 47.5. The molecule has 12 aromatic rings. The molecule has 2 saturated carbocycles. The maximum atomic E-state index is 7.27. The number of ether oxygens (including phenoxy) is 1. The molecule has 18 rings (SSSR count). The highest BCUT2D eigenvalue weighted by atomic mass is 16.5. The number of benzene rings is 11. The first-order valence-corrected chi connectivity index (χ1v) is 30.6. The van der Waals surface area contributed by atoms with E-state index in [1.54, 1.807) is 0 Å². The molecule has 1 aliphatic heterocycles. The van der Waals surface area contributed by atoms with Gasteiger partial charge in [0.15, 0.2) is 0 Å². The average molecular weight is 1070 g/mol. The number of nitrogens with zero attached hydrogens (tertiary/aromatic N) is 1. The zero-order chi connectivity index (χ0) is 54.4. The SMILES string of the molecule is c1ccc(N(c2ccc3c(c2)C2(c4cc(C5CCCCC5)ccc4Oc4ccc(C5CCCCC5)cc42)c2ccccc2-3)c2ccc3c(c2)C2(c4ccccc4-c4ccccc42)c2ccccc2-3)c(-c2cccc3oc4ccccc4c23)c1. The third kappa shape index (κ3) is 6.62. The van der Waals surface area contributed by atoms with E-state index in [4.69, 9.17) is 9.15 Å². The topological polar surface area (TPSA) is 25.6 Å². The van der Waals surface area contributed by atoms with Crippen molar-refractivity contribution < 1.29 is 9.15 Å². The fraction of sp³-hybridized carbons (Fsp3) is 0.175. The van der Waals surface area contributed by atoms with Gasteiger partial charge in [-0.1, -0.05) is 221 Å². The van der Waals surface area contributed by atoms with Crippen LogP contribution in [0.3, 0.4) is 0 Å². The lowest BCUT2D eigenvalue weighted by Crippen LogP contribution is -2.33. The summed E-state index contributed by atoms with van der Waals surface area (Å²) < 4.78 is 13.9. The first-order valence-electron chi connectivity index (χ1n) is 30.6. The van der Waals surface area contributed by atoms with Crippen LogP contribution in [-0.4, -0.2) is 0 Å². The minimum atomic E-state index is -0.659. The smallest absolute Gasteiger partial charge is 0.136 e. The van der Waals surface area contributed by atoms with Crippen molar-refractivity contribution in [1.82, 2.24) is 0 Å². The minimum absolute atomic E-state index is 0.521. The van der Waals surface area contributed by atoms with Crippen molar-refractivity contribution in [1.29, 1.82) is 0 Å². The molecule has 0 N–H and O–H groups in total. The Morgan fingerprint density at radius 3 is 1.27 bits per heavy atom. The highest BCUT2D eigenvalue weighted by molar-refractivity contribution is 6.14. The molecule has 2 heterocycles. The van der Waals surface area contributed by atoms with Crippen molar-refractivity contribution >= 4 is 39.0 Å². The monoisotopic (exact) mass is 1070 g/mol. The fourth-order valence-electron chi connectivity index (χ4n) is 17.0. The van der Waals surface area contributed by atoms with Crippen LogP contribution in [-0.2, 0) is 10.8 Å². The lowest BCUT2D eigenvalue weighted by Gasteiger charge is -2.41. The summed E-state index contributed by atoms with van der Waals surface area (Å²) in [5.74, 6) is 2.97. The number of para-hydroxylation sites is 2. The van der Waals surface area contributed by atoms with Crippen LogP contribution < -0.4 is 9.64 Å². The summed E-state index contributed by atoms with van der Waals surface area (Å²) in [6.45, 7) is 0. The van der Waals surface area contributed by atoms with E-state index in [1.807, 2.05) is 0 Å². The normalized spacial score (nSPS) is 16.6. The van der Waals surface area contributed by atoms with Crippen LogP contribution >= 0.6 is 0 Å². The molecule has 5 aliphatic carbocycles. The molecule has 0 bridgehead atoms. The van der Waals surface area contributed by atoms with E-state index in [0.29, 0.717) is 11.8 Å². The van der Waals surface area contributed by atoms with E-state index in [1.165, 1.54) is 153 Å². The van der Waals surface area contributed by atoms with Crippen LogP contribution in [0.4, 0.5) is 17.1 Å². The standard InChI is InChI=1S/C80H61NO2/c1-3-20-50(21-4-1)52-38-44-75-71(46-52)80(72-47-53(39-45-76(72)83-75)51-22-5-2-6-23-51)68-34-16-10-27-59(68)61-43-41-55(49-70(61)80)81(73-35-17-11-28-62(73)63-30-19-37-77-78(63)64-29-12-18-36-74(64)82-77)54-40-42-60-58-26-9-15-33-67(58)79(69(60)48-54)65-31-13-7-24-56(65)57-25-8-14-32-66(57)79/h7-19,24-51H,1-6,20-23H2. The second-order valence-electron chi connectivity index (χ2n) is 24.6. The number of rotatable bonds is 6. The van der Waals surface area contributed by atoms with Gasteiger partial charge in [0.25, 0.3) is 0 Å². The average Bonchev–Trinajstić information content (AvgIpc) is 1.65. The quantitative estimate of drug-likeness (QED) is 0.166. The van der Waals surface area contributed by atoms with Gasteiger partial charge in [0.05, 0.1) is 16.5 Å². The molecule has 1 aromatic heterocycles. The van der Waals surface area contributed by atoms with Gasteiger partial charge in [-0.3, -0.25) is 0 Å². The molecular weight excluding hydrogens is 1010 g/mol. The molecule has 11 aromatic carbocycles. The highest BCUT2D eigenvalue weighted by Gasteiger charge is 2.54. The molecule has 2 fully saturated rings. The Morgan fingerprint density at radius 2 is 0.735 bits per heavy atom. The second-order valence-corrected chi connectivity index (χ2v) is 24.6. The molecule has 398 valence electrons. The Hall–Kier alpha value is -9.18. The Kier molecular flexibility index (Phi) is 10.4. The maximum absolute atomic E-state index is 7.27. The molecule has 83 heavy (non-hydrogen) atoms. The van der Waals surface area contributed by atoms with Crippen molar-refractivity contribution in [3.63, 3.8) is 0 Å². The van der Waals surface area contributed by atoms with Crippen molar-refractivity contribution in [3.8, 4) is 56.0 Å². The van der Waals surface area contributed by atoms with Crippen LogP contribution in [0.1, 0.15) is 132 Å². The Labute approximate surface area is 485 Å². The summed E-state index contributed by atoms with van der Waals surface area (Å²) in [5.41, 5.74) is 27.3. The molecular formula is C80H61NO2. The molecule has 2 spiro atoms. The number of furan rings is 1. The highest BCUT2D eigenvalue weighted by Crippen LogP contribution is 2.66. The summed E-state index contributed by atoms with van der Waals surface area (Å²) in [6.07, 6.45) is 12.7. The predicted molar refractivity (Wildman–Crippen MR) is 339 cm³/mol. The van der Waals surface area contributed by atoms with Crippen molar-refractivity contribution in [2.24, 2.45) is 0 Å². The fourth-order valence-corrected chi connectivity index (χ4v) is 17.0. The zero-order valence-electron chi connectivity index (χ0n) is 46.5. The summed E-state index contributed by atoms with van der Waals surface area (Å²) in [7, 11) is 0. The summed E-state index contributed by atoms with van der Waals surface area (Å²) in [6, 6.07) is 90.5. The molecule has 6 aliphatic rings. The van der Waals surface area contributed by atoms with Crippen molar-refractivity contribution in [2.75, 3.05) is 4.90 Å². The Morgan fingerprint density at radius 1 is 0.313 bits per heavy atom. The minimum Gasteiger partial charge on any atom is -0.457 e. The molecule has 0 unspecified atom stereocenters. The summed E-state index contributed by atoms with van der Waals surface area (Å²) in [4.78, 5) is 2.59. The number of fused-ring (bicyclic) bond motifs is 22. The molecule has 0 atom stereocenters. The van der Waals surface area contributed by atoms with Crippen LogP contribution in [0, 0.1) is 0 Å². The number of hydrogen-bond donors (Lipinski definition) is 0. The van der Waals surface area contributed by atoms with Crippen LogP contribution in [0.25, 0.3) is 66.4 Å². The van der Waals surface area contributed by atoms with Gasteiger partial charge in [-0.2, -0.15) is 0 Å². The van der Waals surface area contributed by atoms with E-state index in [2.05, 4.69) is 241 Å². The lowest BCUT2D eigenvalue weighted by molar-refractivity contribution is 0.424. The van der Waals surface area contributed by atoms with Crippen LogP contribution in [0.5, 0.6) is 11.5 Å². The van der Waals surface area contributed by atoms with Crippen LogP contribution in [0.2, 0.25) is 0 Å². The van der Waals surface area contributed by atoms with Gasteiger partial charge in [-0.25, -0.2) is 0 Å². The third-order valence-corrected chi connectivity index (χ3v) is 20.6. The first-order chi connectivity index (χ1) is 41.2. The molecule has 3 heteroatoms. The van der Waals surface area contributed by atoms with Gasteiger partial charge in [0.1, 0.15) is 22.7 Å². The van der Waals surface area contributed by atoms with Gasteiger partial charge in [-0.15, -0.1) is 0 Å². The maximum Gasteiger partial charge on any atom is 0.136 e. The summed E-state index contributed by atoms with van der Waals surface area (Å²) >= 11 is 0. The van der Waals surface area contributed by atoms with Crippen LogP contribution in [0.15, 0.2) is 241 Å². The Balaban J connectivity index is 0.928. The van der Waals surface area contributed by atoms with E-state index in [0.717, 1.165) is 61.6 Å². The van der Waals surface area contributed by atoms with Gasteiger partial charge in [0.2, 0.25) is 0 Å². The van der Waals surface area contributed by atoms with E-state index >= 15 is 0 Å².